The largest absolute Gasteiger partial charge is 0.310 e. The van der Waals surface area contributed by atoms with Crippen LogP contribution in [0.3, 0.4) is 0 Å². The first kappa shape index (κ1) is 19.7. The van der Waals surface area contributed by atoms with E-state index in [4.69, 9.17) is 0 Å². The predicted molar refractivity (Wildman–Crippen MR) is 110 cm³/mol. The van der Waals surface area contributed by atoms with Crippen LogP contribution in [-0.4, -0.2) is 31.0 Å². The molecule has 0 atom stereocenters. The summed E-state index contributed by atoms with van der Waals surface area (Å²) in [5.74, 6) is 0.475. The Hall–Kier alpha value is -3.05. The fourth-order valence-electron chi connectivity index (χ4n) is 2.95. The van der Waals surface area contributed by atoms with Gasteiger partial charge < -0.3 is 9.88 Å². The minimum atomic E-state index is -0.200. The summed E-state index contributed by atoms with van der Waals surface area (Å²) in [6.45, 7) is 7.90. The third-order valence-electron chi connectivity index (χ3n) is 4.53. The number of carbonyl (C=O) groups excluding carboxylic acids is 1. The van der Waals surface area contributed by atoms with Gasteiger partial charge in [-0.1, -0.05) is 30.0 Å². The molecule has 0 saturated heterocycles. The SMILES string of the molecule is Cc1c(C#N)c(NC(=O)CSc2nncn2C(C)C)n(-c2ccccc2)c1C. The summed E-state index contributed by atoms with van der Waals surface area (Å²) in [5.41, 5.74) is 3.15. The van der Waals surface area contributed by atoms with Gasteiger partial charge in [-0.2, -0.15) is 5.26 Å². The van der Waals surface area contributed by atoms with Crippen molar-refractivity contribution >= 4 is 23.5 Å². The van der Waals surface area contributed by atoms with Gasteiger partial charge in [-0.05, 0) is 45.4 Å². The number of aromatic nitrogens is 4. The van der Waals surface area contributed by atoms with Crippen LogP contribution >= 0.6 is 11.8 Å². The van der Waals surface area contributed by atoms with Gasteiger partial charge in [-0.15, -0.1) is 10.2 Å². The summed E-state index contributed by atoms with van der Waals surface area (Å²) in [7, 11) is 0. The zero-order valence-electron chi connectivity index (χ0n) is 16.3. The molecule has 1 amide bonds. The molecule has 0 bridgehead atoms. The van der Waals surface area contributed by atoms with E-state index < -0.39 is 0 Å². The number of nitrogens with zero attached hydrogens (tertiary/aromatic N) is 5. The molecule has 0 radical (unpaired) electrons. The van der Waals surface area contributed by atoms with E-state index in [-0.39, 0.29) is 17.7 Å². The molecular weight excluding hydrogens is 372 g/mol. The molecule has 3 aromatic rings. The van der Waals surface area contributed by atoms with Crippen LogP contribution in [0.15, 0.2) is 41.8 Å². The Morgan fingerprint density at radius 1 is 1.29 bits per heavy atom. The molecule has 144 valence electrons. The van der Waals surface area contributed by atoms with Crippen LogP contribution in [0.4, 0.5) is 5.82 Å². The number of hydrogen-bond donors (Lipinski definition) is 1. The average Bonchev–Trinajstić information content (AvgIpc) is 3.24. The zero-order chi connectivity index (χ0) is 20.3. The van der Waals surface area contributed by atoms with Gasteiger partial charge in [0.2, 0.25) is 5.91 Å². The molecule has 1 N–H and O–H groups in total. The van der Waals surface area contributed by atoms with E-state index in [9.17, 15) is 10.1 Å². The summed E-state index contributed by atoms with van der Waals surface area (Å²) < 4.78 is 3.83. The van der Waals surface area contributed by atoms with Crippen LogP contribution in [0.2, 0.25) is 0 Å². The van der Waals surface area contributed by atoms with Crippen molar-refractivity contribution < 1.29 is 4.79 Å². The number of benzene rings is 1. The van der Waals surface area contributed by atoms with E-state index in [1.807, 2.05) is 67.2 Å². The Bertz CT molecular complexity index is 1030. The zero-order valence-corrected chi connectivity index (χ0v) is 17.1. The maximum absolute atomic E-state index is 12.6. The van der Waals surface area contributed by atoms with E-state index in [0.29, 0.717) is 16.5 Å². The molecule has 0 aliphatic carbocycles. The number of amides is 1. The third-order valence-corrected chi connectivity index (χ3v) is 5.48. The first-order chi connectivity index (χ1) is 13.4. The van der Waals surface area contributed by atoms with E-state index in [1.54, 1.807) is 6.33 Å². The van der Waals surface area contributed by atoms with Gasteiger partial charge in [-0.3, -0.25) is 9.36 Å². The van der Waals surface area contributed by atoms with E-state index in [1.165, 1.54) is 11.8 Å². The van der Waals surface area contributed by atoms with Crippen LogP contribution in [0, 0.1) is 25.2 Å². The van der Waals surface area contributed by atoms with Crippen LogP contribution in [0.25, 0.3) is 5.69 Å². The second kappa shape index (κ2) is 8.31. The van der Waals surface area contributed by atoms with Gasteiger partial charge in [0, 0.05) is 17.4 Å². The Balaban J connectivity index is 1.85. The molecule has 0 fully saturated rings. The van der Waals surface area contributed by atoms with Crippen molar-refractivity contribution in [3.8, 4) is 11.8 Å². The van der Waals surface area contributed by atoms with Crippen molar-refractivity contribution in [3.63, 3.8) is 0 Å². The first-order valence-corrected chi connectivity index (χ1v) is 9.92. The monoisotopic (exact) mass is 394 g/mol. The molecule has 0 aliphatic rings. The van der Waals surface area contributed by atoms with E-state index in [2.05, 4.69) is 21.6 Å². The number of hydrogen-bond acceptors (Lipinski definition) is 5. The van der Waals surface area contributed by atoms with Crippen LogP contribution in [-0.2, 0) is 4.79 Å². The molecule has 0 spiro atoms. The summed E-state index contributed by atoms with van der Waals surface area (Å²) in [4.78, 5) is 12.6. The second-order valence-electron chi connectivity index (χ2n) is 6.67. The number of rotatable bonds is 6. The smallest absolute Gasteiger partial charge is 0.236 e. The van der Waals surface area contributed by atoms with Crippen molar-refractivity contribution in [1.82, 2.24) is 19.3 Å². The fraction of sp³-hybridized carbons (Fsp3) is 0.300. The van der Waals surface area contributed by atoms with Crippen molar-refractivity contribution in [3.05, 3.63) is 53.5 Å². The topological polar surface area (TPSA) is 88.5 Å². The molecule has 0 saturated carbocycles. The predicted octanol–water partition coefficient (Wildman–Crippen LogP) is 3.87. The number of para-hydroxylation sites is 1. The highest BCUT2D eigenvalue weighted by Crippen LogP contribution is 2.30. The molecule has 2 aromatic heterocycles. The summed E-state index contributed by atoms with van der Waals surface area (Å²) in [6.07, 6.45) is 1.66. The fourth-order valence-corrected chi connectivity index (χ4v) is 3.79. The molecule has 2 heterocycles. The van der Waals surface area contributed by atoms with Crippen LogP contribution in [0.5, 0.6) is 0 Å². The van der Waals surface area contributed by atoms with Gasteiger partial charge in [0.15, 0.2) is 5.16 Å². The Morgan fingerprint density at radius 2 is 2.00 bits per heavy atom. The lowest BCUT2D eigenvalue weighted by molar-refractivity contribution is -0.113. The summed E-state index contributed by atoms with van der Waals surface area (Å²) in [5, 5.41) is 21.2. The Labute approximate surface area is 168 Å². The lowest BCUT2D eigenvalue weighted by Gasteiger charge is -2.13. The minimum absolute atomic E-state index is 0.175. The Morgan fingerprint density at radius 3 is 2.64 bits per heavy atom. The van der Waals surface area contributed by atoms with Crippen molar-refractivity contribution in [2.45, 2.75) is 38.9 Å². The summed E-state index contributed by atoms with van der Waals surface area (Å²) in [6, 6.07) is 12.1. The highest BCUT2D eigenvalue weighted by molar-refractivity contribution is 7.99. The number of nitriles is 1. The summed E-state index contributed by atoms with van der Waals surface area (Å²) >= 11 is 1.32. The first-order valence-electron chi connectivity index (χ1n) is 8.93. The molecule has 0 aliphatic heterocycles. The third kappa shape index (κ3) is 3.80. The van der Waals surface area contributed by atoms with Crippen molar-refractivity contribution in [1.29, 1.82) is 5.26 Å². The van der Waals surface area contributed by atoms with Crippen molar-refractivity contribution in [2.75, 3.05) is 11.1 Å². The van der Waals surface area contributed by atoms with Gasteiger partial charge in [0.25, 0.3) is 0 Å². The van der Waals surface area contributed by atoms with E-state index in [0.717, 1.165) is 16.9 Å². The van der Waals surface area contributed by atoms with E-state index >= 15 is 0 Å². The number of carbonyl (C=O) groups is 1. The molecule has 28 heavy (non-hydrogen) atoms. The molecular formula is C20H22N6OS. The molecule has 1 aromatic carbocycles. The molecule has 3 rings (SSSR count). The van der Waals surface area contributed by atoms with Gasteiger partial charge in [-0.25, -0.2) is 0 Å². The second-order valence-corrected chi connectivity index (χ2v) is 7.61. The maximum Gasteiger partial charge on any atom is 0.236 e. The van der Waals surface area contributed by atoms with Crippen molar-refractivity contribution in [2.24, 2.45) is 0 Å². The highest BCUT2D eigenvalue weighted by atomic mass is 32.2. The number of thioether (sulfide) groups is 1. The highest BCUT2D eigenvalue weighted by Gasteiger charge is 2.21. The molecule has 0 unspecified atom stereocenters. The van der Waals surface area contributed by atoms with Gasteiger partial charge in [0.05, 0.1) is 11.3 Å². The van der Waals surface area contributed by atoms with Gasteiger partial charge in [0.1, 0.15) is 18.2 Å². The Kier molecular flexibility index (Phi) is 5.85. The maximum atomic E-state index is 12.6. The van der Waals surface area contributed by atoms with Crippen LogP contribution in [0.1, 0.15) is 36.7 Å². The minimum Gasteiger partial charge on any atom is -0.310 e. The molecule has 8 heteroatoms. The quantitative estimate of drug-likeness (QED) is 0.641. The normalized spacial score (nSPS) is 10.9. The number of nitrogens with one attached hydrogen (secondary N) is 1. The van der Waals surface area contributed by atoms with Crippen LogP contribution < -0.4 is 5.32 Å². The van der Waals surface area contributed by atoms with Gasteiger partial charge >= 0.3 is 0 Å². The lowest BCUT2D eigenvalue weighted by atomic mass is 10.2. The average molecular weight is 395 g/mol. The standard InChI is InChI=1S/C20H22N6OS/c1-13(2)25-12-22-24-20(25)28-11-18(27)23-19-17(10-21)14(3)15(4)26(19)16-8-6-5-7-9-16/h5-9,12-13H,11H2,1-4H3,(H,23,27). The molecule has 7 nitrogen and oxygen atoms in total. The lowest BCUT2D eigenvalue weighted by Crippen LogP contribution is -2.18. The number of anilines is 1.